The monoisotopic (exact) mass is 146 g/mol. The van der Waals surface area contributed by atoms with Gasteiger partial charge in [0.15, 0.2) is 0 Å². The van der Waals surface area contributed by atoms with Crippen molar-refractivity contribution in [2.45, 2.75) is 25.5 Å². The van der Waals surface area contributed by atoms with Crippen LogP contribution >= 0.6 is 0 Å². The van der Waals surface area contributed by atoms with Gasteiger partial charge in [0.25, 0.3) is 0 Å². The summed E-state index contributed by atoms with van der Waals surface area (Å²) in [6.45, 7) is 4.00. The number of aliphatic hydroxyl groups is 1. The average Bonchev–Trinajstić information content (AvgIpc) is 1.86. The predicted molar refractivity (Wildman–Crippen MR) is 42.8 cm³/mol. The van der Waals surface area contributed by atoms with Crippen LogP contribution in [-0.4, -0.2) is 42.3 Å². The zero-order valence-electron chi connectivity index (χ0n) is 7.26. The first-order chi connectivity index (χ1) is 4.41. The number of rotatable bonds is 3. The minimum atomic E-state index is -0.774. The SMILES string of the molecule is CC(N(C)C)C(C)(O)CN. The third kappa shape index (κ3) is 2.25. The number of hydrogen-bond donors (Lipinski definition) is 2. The van der Waals surface area contributed by atoms with Crippen molar-refractivity contribution in [2.75, 3.05) is 20.6 Å². The van der Waals surface area contributed by atoms with E-state index < -0.39 is 5.60 Å². The van der Waals surface area contributed by atoms with E-state index in [1.165, 1.54) is 0 Å². The molecule has 2 unspecified atom stereocenters. The molecule has 2 atom stereocenters. The second-order valence-electron chi connectivity index (χ2n) is 3.20. The van der Waals surface area contributed by atoms with Crippen LogP contribution in [0.2, 0.25) is 0 Å². The van der Waals surface area contributed by atoms with Crippen molar-refractivity contribution < 1.29 is 5.11 Å². The first kappa shape index (κ1) is 9.88. The van der Waals surface area contributed by atoms with Crippen LogP contribution in [0, 0.1) is 0 Å². The zero-order chi connectivity index (χ0) is 8.36. The van der Waals surface area contributed by atoms with Crippen molar-refractivity contribution in [3.8, 4) is 0 Å². The molecule has 3 N–H and O–H groups in total. The van der Waals surface area contributed by atoms with E-state index in [0.717, 1.165) is 0 Å². The molecule has 62 valence electrons. The molecule has 3 nitrogen and oxygen atoms in total. The Hall–Kier alpha value is -0.120. The van der Waals surface area contributed by atoms with Gasteiger partial charge in [0.2, 0.25) is 0 Å². The summed E-state index contributed by atoms with van der Waals surface area (Å²) in [7, 11) is 3.85. The summed E-state index contributed by atoms with van der Waals surface area (Å²) in [6.07, 6.45) is 0. The molecule has 10 heavy (non-hydrogen) atoms. The van der Waals surface area contributed by atoms with Crippen LogP contribution < -0.4 is 5.73 Å². The molecular weight excluding hydrogens is 128 g/mol. The van der Waals surface area contributed by atoms with E-state index in [-0.39, 0.29) is 6.04 Å². The maximum Gasteiger partial charge on any atom is 0.0892 e. The minimum absolute atomic E-state index is 0.0949. The van der Waals surface area contributed by atoms with E-state index in [0.29, 0.717) is 6.54 Å². The Bertz CT molecular complexity index is 102. The lowest BCUT2D eigenvalue weighted by Crippen LogP contribution is -2.50. The fraction of sp³-hybridized carbons (Fsp3) is 1.00. The number of likely N-dealkylation sites (N-methyl/N-ethyl adjacent to an activating group) is 1. The van der Waals surface area contributed by atoms with Crippen LogP contribution in [0.25, 0.3) is 0 Å². The van der Waals surface area contributed by atoms with Crippen LogP contribution in [0.4, 0.5) is 0 Å². The van der Waals surface area contributed by atoms with E-state index in [2.05, 4.69) is 0 Å². The van der Waals surface area contributed by atoms with Crippen molar-refractivity contribution in [1.82, 2.24) is 4.90 Å². The van der Waals surface area contributed by atoms with Crippen molar-refractivity contribution in [3.05, 3.63) is 0 Å². The topological polar surface area (TPSA) is 49.5 Å². The van der Waals surface area contributed by atoms with Gasteiger partial charge in [-0.15, -0.1) is 0 Å². The summed E-state index contributed by atoms with van der Waals surface area (Å²) < 4.78 is 0. The smallest absolute Gasteiger partial charge is 0.0892 e. The molecule has 0 heterocycles. The van der Waals surface area contributed by atoms with Gasteiger partial charge in [0, 0.05) is 12.6 Å². The second-order valence-corrected chi connectivity index (χ2v) is 3.20. The molecule has 0 radical (unpaired) electrons. The molecule has 0 saturated heterocycles. The first-order valence-corrected chi connectivity index (χ1v) is 3.50. The maximum absolute atomic E-state index is 9.60. The Balaban J connectivity index is 4.03. The molecule has 0 aromatic heterocycles. The van der Waals surface area contributed by atoms with Crippen molar-refractivity contribution in [1.29, 1.82) is 0 Å². The highest BCUT2D eigenvalue weighted by Gasteiger charge is 2.27. The number of nitrogens with zero attached hydrogens (tertiary/aromatic N) is 1. The third-order valence-corrected chi connectivity index (χ3v) is 2.09. The lowest BCUT2D eigenvalue weighted by Gasteiger charge is -2.33. The van der Waals surface area contributed by atoms with Gasteiger partial charge in [-0.1, -0.05) is 0 Å². The van der Waals surface area contributed by atoms with E-state index in [9.17, 15) is 5.11 Å². The van der Waals surface area contributed by atoms with Gasteiger partial charge < -0.3 is 15.7 Å². The normalized spacial score (nSPS) is 20.7. The molecule has 0 aromatic rings. The lowest BCUT2D eigenvalue weighted by molar-refractivity contribution is -0.00215. The van der Waals surface area contributed by atoms with Crippen LogP contribution in [0.15, 0.2) is 0 Å². The van der Waals surface area contributed by atoms with Crippen LogP contribution in [0.5, 0.6) is 0 Å². The predicted octanol–water partition coefficient (Wildman–Crippen LogP) is -0.354. The fourth-order valence-corrected chi connectivity index (χ4v) is 0.727. The fourth-order valence-electron chi connectivity index (χ4n) is 0.727. The summed E-state index contributed by atoms with van der Waals surface area (Å²) >= 11 is 0. The highest BCUT2D eigenvalue weighted by atomic mass is 16.3. The molecule has 0 fully saturated rings. The Morgan fingerprint density at radius 3 is 2.10 bits per heavy atom. The summed E-state index contributed by atoms with van der Waals surface area (Å²) in [6, 6.07) is 0.0949. The zero-order valence-corrected chi connectivity index (χ0v) is 7.26. The molecular formula is C7H18N2O. The molecule has 3 heteroatoms. The molecule has 0 bridgehead atoms. The van der Waals surface area contributed by atoms with Gasteiger partial charge in [0.1, 0.15) is 0 Å². The highest BCUT2D eigenvalue weighted by Crippen LogP contribution is 2.10. The van der Waals surface area contributed by atoms with E-state index in [1.807, 2.05) is 25.9 Å². The van der Waals surface area contributed by atoms with Gasteiger partial charge in [-0.3, -0.25) is 0 Å². The summed E-state index contributed by atoms with van der Waals surface area (Å²) in [5.74, 6) is 0. The number of nitrogens with two attached hydrogens (primary N) is 1. The van der Waals surface area contributed by atoms with Crippen molar-refractivity contribution in [3.63, 3.8) is 0 Å². The molecule has 0 spiro atoms. The standard InChI is InChI=1S/C7H18N2O/c1-6(9(3)4)7(2,10)5-8/h6,10H,5,8H2,1-4H3. The average molecular weight is 146 g/mol. The second kappa shape index (κ2) is 3.32. The van der Waals surface area contributed by atoms with Crippen LogP contribution in [0.3, 0.4) is 0 Å². The summed E-state index contributed by atoms with van der Waals surface area (Å²) in [4.78, 5) is 1.95. The first-order valence-electron chi connectivity index (χ1n) is 3.50. The van der Waals surface area contributed by atoms with Crippen LogP contribution in [-0.2, 0) is 0 Å². The third-order valence-electron chi connectivity index (χ3n) is 2.09. The molecule has 0 aliphatic heterocycles. The van der Waals surface area contributed by atoms with E-state index >= 15 is 0 Å². The lowest BCUT2D eigenvalue weighted by atomic mass is 9.98. The Morgan fingerprint density at radius 2 is 2.00 bits per heavy atom. The Labute approximate surface area is 62.8 Å². The minimum Gasteiger partial charge on any atom is -0.387 e. The largest absolute Gasteiger partial charge is 0.387 e. The summed E-state index contributed by atoms with van der Waals surface area (Å²) in [5, 5.41) is 9.60. The van der Waals surface area contributed by atoms with Crippen LogP contribution in [0.1, 0.15) is 13.8 Å². The Morgan fingerprint density at radius 1 is 1.60 bits per heavy atom. The quantitative estimate of drug-likeness (QED) is 0.572. The number of hydrogen-bond acceptors (Lipinski definition) is 3. The van der Waals surface area contributed by atoms with Gasteiger partial charge in [-0.05, 0) is 27.9 Å². The van der Waals surface area contributed by atoms with E-state index in [1.54, 1.807) is 6.92 Å². The maximum atomic E-state index is 9.60. The Kier molecular flexibility index (Phi) is 3.28. The molecule has 0 aliphatic carbocycles. The molecule has 0 aliphatic rings. The highest BCUT2D eigenvalue weighted by molar-refractivity contribution is 4.84. The van der Waals surface area contributed by atoms with Gasteiger partial charge >= 0.3 is 0 Å². The molecule has 0 rings (SSSR count). The van der Waals surface area contributed by atoms with Gasteiger partial charge in [0.05, 0.1) is 5.60 Å². The van der Waals surface area contributed by atoms with Gasteiger partial charge in [-0.2, -0.15) is 0 Å². The molecule has 0 aromatic carbocycles. The summed E-state index contributed by atoms with van der Waals surface area (Å²) in [5.41, 5.74) is 4.59. The molecule has 0 saturated carbocycles. The molecule has 0 amide bonds. The van der Waals surface area contributed by atoms with Crippen molar-refractivity contribution in [2.24, 2.45) is 5.73 Å². The van der Waals surface area contributed by atoms with Crippen molar-refractivity contribution >= 4 is 0 Å². The van der Waals surface area contributed by atoms with E-state index in [4.69, 9.17) is 5.73 Å². The van der Waals surface area contributed by atoms with Gasteiger partial charge in [-0.25, -0.2) is 0 Å².